The molecule has 0 unspecified atom stereocenters. The maximum absolute atomic E-state index is 13.4. The van der Waals surface area contributed by atoms with Crippen LogP contribution in [-0.2, 0) is 0 Å². The molecule has 0 amide bonds. The summed E-state index contributed by atoms with van der Waals surface area (Å²) in [7, 11) is 0. The number of aliphatic hydroxyl groups excluding tert-OH is 1. The molecule has 0 spiro atoms. The van der Waals surface area contributed by atoms with Crippen molar-refractivity contribution in [1.29, 1.82) is 0 Å². The number of benzene rings is 1. The van der Waals surface area contributed by atoms with E-state index in [0.29, 0.717) is 18.4 Å². The minimum absolute atomic E-state index is 0. The van der Waals surface area contributed by atoms with Gasteiger partial charge < -0.3 is 10.8 Å². The Kier molecular flexibility index (Phi) is 6.48. The number of hydrogen-bond acceptors (Lipinski definition) is 2. The molecule has 1 aromatic rings. The number of aryl methyl sites for hydroxylation is 1. The zero-order valence-corrected chi connectivity index (χ0v) is 9.56. The second-order valence-corrected chi connectivity index (χ2v) is 3.50. The highest BCUT2D eigenvalue weighted by Gasteiger charge is 2.10. The monoisotopic (exact) mass is 233 g/mol. The van der Waals surface area contributed by atoms with Crippen molar-refractivity contribution in [3.63, 3.8) is 0 Å². The fraction of sp³-hybridized carbons (Fsp3) is 0.455. The average molecular weight is 234 g/mol. The van der Waals surface area contributed by atoms with Crippen molar-refractivity contribution in [1.82, 2.24) is 0 Å². The topological polar surface area (TPSA) is 46.2 Å². The first-order valence-corrected chi connectivity index (χ1v) is 4.77. The molecule has 15 heavy (non-hydrogen) atoms. The van der Waals surface area contributed by atoms with Crippen LogP contribution in [0.25, 0.3) is 0 Å². The summed E-state index contributed by atoms with van der Waals surface area (Å²) in [6, 6.07) is 4.72. The van der Waals surface area contributed by atoms with Crippen LogP contribution in [0.5, 0.6) is 0 Å². The second kappa shape index (κ2) is 6.77. The molecule has 0 aliphatic heterocycles. The van der Waals surface area contributed by atoms with Gasteiger partial charge in [0.2, 0.25) is 0 Å². The first-order valence-electron chi connectivity index (χ1n) is 4.77. The van der Waals surface area contributed by atoms with Gasteiger partial charge in [0.05, 0.1) is 0 Å². The summed E-state index contributed by atoms with van der Waals surface area (Å²) in [4.78, 5) is 0. The van der Waals surface area contributed by atoms with Crippen LogP contribution >= 0.6 is 12.4 Å². The van der Waals surface area contributed by atoms with Gasteiger partial charge in [-0.15, -0.1) is 12.4 Å². The molecule has 0 radical (unpaired) electrons. The number of halogens is 2. The summed E-state index contributed by atoms with van der Waals surface area (Å²) >= 11 is 0. The van der Waals surface area contributed by atoms with Crippen molar-refractivity contribution in [2.45, 2.75) is 25.8 Å². The standard InChI is InChI=1S/C11H16FNO.ClH/c1-8-4-5-9(10(12)7-8)11(13)3-2-6-14;/h4-5,7,11,14H,2-3,6,13H2,1H3;1H/t11-;/m0./s1. The van der Waals surface area contributed by atoms with E-state index < -0.39 is 0 Å². The van der Waals surface area contributed by atoms with Gasteiger partial charge >= 0.3 is 0 Å². The zero-order chi connectivity index (χ0) is 10.6. The van der Waals surface area contributed by atoms with Crippen LogP contribution in [0.2, 0.25) is 0 Å². The highest BCUT2D eigenvalue weighted by Crippen LogP contribution is 2.19. The Morgan fingerprint density at radius 2 is 2.13 bits per heavy atom. The fourth-order valence-corrected chi connectivity index (χ4v) is 1.40. The van der Waals surface area contributed by atoms with Gasteiger partial charge in [0.15, 0.2) is 0 Å². The minimum Gasteiger partial charge on any atom is -0.396 e. The lowest BCUT2D eigenvalue weighted by molar-refractivity contribution is 0.279. The molecule has 0 bridgehead atoms. The average Bonchev–Trinajstić information content (AvgIpc) is 2.14. The quantitative estimate of drug-likeness (QED) is 0.839. The van der Waals surface area contributed by atoms with E-state index in [-0.39, 0.29) is 30.9 Å². The van der Waals surface area contributed by atoms with Crippen molar-refractivity contribution in [2.75, 3.05) is 6.61 Å². The van der Waals surface area contributed by atoms with Crippen molar-refractivity contribution >= 4 is 12.4 Å². The Morgan fingerprint density at radius 3 is 2.67 bits per heavy atom. The van der Waals surface area contributed by atoms with Crippen LogP contribution in [0.15, 0.2) is 18.2 Å². The molecule has 1 atom stereocenters. The van der Waals surface area contributed by atoms with E-state index in [1.807, 2.05) is 13.0 Å². The van der Waals surface area contributed by atoms with Crippen LogP contribution in [0.3, 0.4) is 0 Å². The van der Waals surface area contributed by atoms with Gasteiger partial charge in [-0.2, -0.15) is 0 Å². The van der Waals surface area contributed by atoms with E-state index in [2.05, 4.69) is 0 Å². The summed E-state index contributed by atoms with van der Waals surface area (Å²) in [5.41, 5.74) is 7.20. The lowest BCUT2D eigenvalue weighted by atomic mass is 10.0. The van der Waals surface area contributed by atoms with Crippen molar-refractivity contribution in [3.05, 3.63) is 35.1 Å². The largest absolute Gasteiger partial charge is 0.396 e. The van der Waals surface area contributed by atoms with E-state index in [0.717, 1.165) is 5.56 Å². The van der Waals surface area contributed by atoms with Crippen LogP contribution in [0.4, 0.5) is 4.39 Å². The molecule has 1 rings (SSSR count). The summed E-state index contributed by atoms with van der Waals surface area (Å²) in [6.45, 7) is 1.94. The Morgan fingerprint density at radius 1 is 1.47 bits per heavy atom. The van der Waals surface area contributed by atoms with Crippen molar-refractivity contribution in [2.24, 2.45) is 5.73 Å². The maximum Gasteiger partial charge on any atom is 0.128 e. The van der Waals surface area contributed by atoms with E-state index in [4.69, 9.17) is 10.8 Å². The molecule has 0 aliphatic rings. The lowest BCUT2D eigenvalue weighted by Crippen LogP contribution is -2.12. The SMILES string of the molecule is Cc1ccc([C@@H](N)CCCO)c(F)c1.Cl. The van der Waals surface area contributed by atoms with Gasteiger partial charge in [-0.25, -0.2) is 4.39 Å². The Hall–Kier alpha value is -0.640. The van der Waals surface area contributed by atoms with Crippen LogP contribution in [-0.4, -0.2) is 11.7 Å². The molecule has 3 N–H and O–H groups in total. The van der Waals surface area contributed by atoms with E-state index in [1.165, 1.54) is 6.07 Å². The molecule has 0 aromatic heterocycles. The van der Waals surface area contributed by atoms with Crippen LogP contribution in [0.1, 0.15) is 30.0 Å². The Bertz CT molecular complexity index is 307. The number of hydrogen-bond donors (Lipinski definition) is 2. The van der Waals surface area contributed by atoms with Gasteiger partial charge in [-0.1, -0.05) is 12.1 Å². The molecule has 1 aromatic carbocycles. The third-order valence-corrected chi connectivity index (χ3v) is 2.23. The maximum atomic E-state index is 13.4. The van der Waals surface area contributed by atoms with Gasteiger partial charge in [0.25, 0.3) is 0 Å². The van der Waals surface area contributed by atoms with E-state index in [1.54, 1.807) is 6.07 Å². The highest BCUT2D eigenvalue weighted by atomic mass is 35.5. The van der Waals surface area contributed by atoms with E-state index in [9.17, 15) is 4.39 Å². The first kappa shape index (κ1) is 14.4. The van der Waals surface area contributed by atoms with Crippen molar-refractivity contribution in [3.8, 4) is 0 Å². The Balaban J connectivity index is 0.00000196. The number of nitrogens with two attached hydrogens (primary N) is 1. The normalized spacial score (nSPS) is 12.0. The van der Waals surface area contributed by atoms with Gasteiger partial charge in [0, 0.05) is 18.2 Å². The van der Waals surface area contributed by atoms with Crippen molar-refractivity contribution < 1.29 is 9.50 Å². The molecule has 86 valence electrons. The van der Waals surface area contributed by atoms with Gasteiger partial charge in [0.1, 0.15) is 5.82 Å². The number of aliphatic hydroxyl groups is 1. The predicted molar refractivity (Wildman–Crippen MR) is 61.6 cm³/mol. The molecule has 0 saturated heterocycles. The molecule has 2 nitrogen and oxygen atoms in total. The molecular formula is C11H17ClFNO. The fourth-order valence-electron chi connectivity index (χ4n) is 1.40. The third kappa shape index (κ3) is 4.16. The predicted octanol–water partition coefficient (Wildman–Crippen LogP) is 2.33. The molecule has 0 saturated carbocycles. The molecule has 0 fully saturated rings. The second-order valence-electron chi connectivity index (χ2n) is 3.50. The summed E-state index contributed by atoms with van der Waals surface area (Å²) in [6.07, 6.45) is 1.21. The molecule has 0 aliphatic carbocycles. The minimum atomic E-state index is -0.317. The number of rotatable bonds is 4. The summed E-state index contributed by atoms with van der Waals surface area (Å²) in [5, 5.41) is 8.63. The molecule has 0 heterocycles. The Labute approximate surface area is 95.7 Å². The summed E-state index contributed by atoms with van der Waals surface area (Å²) < 4.78 is 13.4. The van der Waals surface area contributed by atoms with Gasteiger partial charge in [-0.3, -0.25) is 0 Å². The first-order chi connectivity index (χ1) is 6.65. The summed E-state index contributed by atoms with van der Waals surface area (Å²) in [5.74, 6) is -0.254. The lowest BCUT2D eigenvalue weighted by Gasteiger charge is -2.12. The zero-order valence-electron chi connectivity index (χ0n) is 8.74. The smallest absolute Gasteiger partial charge is 0.128 e. The van der Waals surface area contributed by atoms with Gasteiger partial charge in [-0.05, 0) is 31.4 Å². The third-order valence-electron chi connectivity index (χ3n) is 2.23. The van der Waals surface area contributed by atoms with Crippen LogP contribution < -0.4 is 5.73 Å². The molecule has 4 heteroatoms. The van der Waals surface area contributed by atoms with E-state index >= 15 is 0 Å². The molecular weight excluding hydrogens is 217 g/mol. The highest BCUT2D eigenvalue weighted by molar-refractivity contribution is 5.85. The van der Waals surface area contributed by atoms with Crippen LogP contribution in [0, 0.1) is 12.7 Å².